The van der Waals surface area contributed by atoms with Crippen molar-refractivity contribution in [3.63, 3.8) is 0 Å². The van der Waals surface area contributed by atoms with Gasteiger partial charge in [-0.1, -0.05) is 55.3 Å². The molecule has 2 aromatic rings. The minimum absolute atomic E-state index is 0.310. The van der Waals surface area contributed by atoms with Crippen LogP contribution in [0.1, 0.15) is 19.4 Å². The van der Waals surface area contributed by atoms with Crippen molar-refractivity contribution in [3.05, 3.63) is 64.2 Å². The monoisotopic (exact) mass is 349 g/mol. The first-order valence-electron chi connectivity index (χ1n) is 7.23. The first kappa shape index (κ1) is 16.2. The molecule has 23 heavy (non-hydrogen) atoms. The van der Waals surface area contributed by atoms with E-state index in [1.165, 1.54) is 6.33 Å². The van der Waals surface area contributed by atoms with Crippen molar-refractivity contribution in [1.29, 1.82) is 0 Å². The fraction of sp³-hybridized carbons (Fsp3) is 0.294. The lowest BCUT2D eigenvalue weighted by Crippen LogP contribution is -2.45. The first-order valence-corrected chi connectivity index (χ1v) is 7.99. The molecular weight excluding hydrogens is 333 g/mol. The average molecular weight is 350 g/mol. The fourth-order valence-electron chi connectivity index (χ4n) is 2.74. The summed E-state index contributed by atoms with van der Waals surface area (Å²) in [4.78, 5) is 3.94. The lowest BCUT2D eigenvalue weighted by Gasteiger charge is -2.37. The maximum Gasteiger partial charge on any atom is 0.137 e. The molecular formula is C17H17Cl2N3O. The van der Waals surface area contributed by atoms with Gasteiger partial charge in [0.15, 0.2) is 0 Å². The summed E-state index contributed by atoms with van der Waals surface area (Å²) in [6.45, 7) is 4.29. The summed E-state index contributed by atoms with van der Waals surface area (Å²) >= 11 is 12.2. The Morgan fingerprint density at radius 1 is 1.30 bits per heavy atom. The lowest BCUT2D eigenvalue weighted by atomic mass is 9.75. The molecule has 0 saturated carbocycles. The minimum atomic E-state index is -1.11. The normalized spacial score (nSPS) is 24.5. The molecule has 1 unspecified atom stereocenters. The predicted molar refractivity (Wildman–Crippen MR) is 92.3 cm³/mol. The van der Waals surface area contributed by atoms with Crippen LogP contribution in [0.15, 0.2) is 48.6 Å². The van der Waals surface area contributed by atoms with Crippen molar-refractivity contribution < 1.29 is 5.11 Å². The van der Waals surface area contributed by atoms with E-state index in [1.807, 2.05) is 38.1 Å². The van der Waals surface area contributed by atoms with Gasteiger partial charge in [-0.3, -0.25) is 0 Å². The van der Waals surface area contributed by atoms with E-state index in [4.69, 9.17) is 23.2 Å². The zero-order chi connectivity index (χ0) is 16.7. The van der Waals surface area contributed by atoms with Gasteiger partial charge in [0.2, 0.25) is 0 Å². The Kier molecular flexibility index (Phi) is 4.08. The van der Waals surface area contributed by atoms with Crippen LogP contribution in [0.3, 0.4) is 0 Å². The van der Waals surface area contributed by atoms with E-state index in [9.17, 15) is 5.11 Å². The van der Waals surface area contributed by atoms with Crippen molar-refractivity contribution in [2.24, 2.45) is 5.41 Å². The summed E-state index contributed by atoms with van der Waals surface area (Å²) in [5.41, 5.74) is 0.0422. The molecule has 0 spiro atoms. The van der Waals surface area contributed by atoms with Crippen LogP contribution in [0.4, 0.5) is 0 Å². The Balaban J connectivity index is 2.03. The van der Waals surface area contributed by atoms with Gasteiger partial charge in [0.05, 0.1) is 6.54 Å². The average Bonchev–Trinajstić information content (AvgIpc) is 3.04. The highest BCUT2D eigenvalue weighted by molar-refractivity contribution is 6.35. The van der Waals surface area contributed by atoms with E-state index in [1.54, 1.807) is 23.1 Å². The molecule has 1 aliphatic carbocycles. The Hall–Kier alpha value is -1.62. The van der Waals surface area contributed by atoms with Crippen LogP contribution in [0.25, 0.3) is 6.08 Å². The van der Waals surface area contributed by atoms with E-state index in [0.29, 0.717) is 16.6 Å². The summed E-state index contributed by atoms with van der Waals surface area (Å²) in [5.74, 6) is 0. The van der Waals surface area contributed by atoms with Gasteiger partial charge in [0.1, 0.15) is 18.3 Å². The highest BCUT2D eigenvalue weighted by atomic mass is 35.5. The summed E-state index contributed by atoms with van der Waals surface area (Å²) in [6, 6.07) is 5.31. The van der Waals surface area contributed by atoms with Gasteiger partial charge < -0.3 is 5.11 Å². The molecule has 0 radical (unpaired) electrons. The SMILES string of the molecule is CC1(C)C=CC(=Cc2ccc(Cl)cc2Cl)C1(O)Cn1cncn1. The fourth-order valence-corrected chi connectivity index (χ4v) is 3.21. The third kappa shape index (κ3) is 2.94. The first-order chi connectivity index (χ1) is 10.8. The van der Waals surface area contributed by atoms with E-state index in [-0.39, 0.29) is 0 Å². The third-order valence-electron chi connectivity index (χ3n) is 4.35. The molecule has 0 bridgehead atoms. The van der Waals surface area contributed by atoms with Crippen molar-refractivity contribution in [2.45, 2.75) is 26.0 Å². The van der Waals surface area contributed by atoms with Crippen LogP contribution in [-0.2, 0) is 6.54 Å². The Labute approximate surface area is 145 Å². The largest absolute Gasteiger partial charge is 0.382 e. The van der Waals surface area contributed by atoms with Crippen LogP contribution >= 0.6 is 23.2 Å². The van der Waals surface area contributed by atoms with Gasteiger partial charge >= 0.3 is 0 Å². The smallest absolute Gasteiger partial charge is 0.137 e. The number of rotatable bonds is 3. The molecule has 1 atom stereocenters. The number of halogens is 2. The summed E-state index contributed by atoms with van der Waals surface area (Å²) in [6.07, 6.45) is 8.87. The van der Waals surface area contributed by atoms with Crippen LogP contribution in [0.2, 0.25) is 10.0 Å². The van der Waals surface area contributed by atoms with Gasteiger partial charge in [-0.2, -0.15) is 5.10 Å². The van der Waals surface area contributed by atoms with E-state index < -0.39 is 11.0 Å². The molecule has 0 amide bonds. The van der Waals surface area contributed by atoms with Gasteiger partial charge in [-0.15, -0.1) is 0 Å². The molecule has 120 valence electrons. The zero-order valence-electron chi connectivity index (χ0n) is 12.9. The predicted octanol–water partition coefficient (Wildman–Crippen LogP) is 4.00. The molecule has 3 rings (SSSR count). The van der Waals surface area contributed by atoms with Crippen LogP contribution in [-0.4, -0.2) is 25.5 Å². The number of nitrogens with zero attached hydrogens (tertiary/aromatic N) is 3. The number of aliphatic hydroxyl groups is 1. The van der Waals surface area contributed by atoms with Crippen LogP contribution in [0.5, 0.6) is 0 Å². The van der Waals surface area contributed by atoms with Gasteiger partial charge in [-0.25, -0.2) is 9.67 Å². The highest BCUT2D eigenvalue weighted by Crippen LogP contribution is 2.46. The summed E-state index contributed by atoms with van der Waals surface area (Å²) < 4.78 is 1.63. The molecule has 1 aromatic carbocycles. The van der Waals surface area contributed by atoms with Gasteiger partial charge in [-0.05, 0) is 29.3 Å². The second-order valence-electron chi connectivity index (χ2n) is 6.27. The molecule has 0 fully saturated rings. The molecule has 1 N–H and O–H groups in total. The van der Waals surface area contributed by atoms with E-state index >= 15 is 0 Å². The second kappa shape index (κ2) is 5.78. The molecule has 1 aliphatic rings. The van der Waals surface area contributed by atoms with Crippen molar-refractivity contribution in [1.82, 2.24) is 14.8 Å². The number of hydrogen-bond donors (Lipinski definition) is 1. The Morgan fingerprint density at radius 3 is 2.74 bits per heavy atom. The van der Waals surface area contributed by atoms with Crippen LogP contribution in [0, 0.1) is 5.41 Å². The highest BCUT2D eigenvalue weighted by Gasteiger charge is 2.48. The topological polar surface area (TPSA) is 50.9 Å². The van der Waals surface area contributed by atoms with Gasteiger partial charge in [0, 0.05) is 15.5 Å². The van der Waals surface area contributed by atoms with Crippen LogP contribution < -0.4 is 0 Å². The Morgan fingerprint density at radius 2 is 2.09 bits per heavy atom. The summed E-state index contributed by atoms with van der Waals surface area (Å²) in [5, 5.41) is 16.6. The maximum atomic E-state index is 11.4. The van der Waals surface area contributed by atoms with Crippen molar-refractivity contribution in [3.8, 4) is 0 Å². The van der Waals surface area contributed by atoms with Gasteiger partial charge in [0.25, 0.3) is 0 Å². The standard InChI is InChI=1S/C17H17Cl2N3O/c1-16(2)6-5-13(7-12-3-4-14(18)8-15(12)19)17(16,23)9-22-11-20-10-21-22/h3-8,10-11,23H,9H2,1-2H3. The molecule has 6 heteroatoms. The quantitative estimate of drug-likeness (QED) is 0.911. The molecule has 1 aromatic heterocycles. The maximum absolute atomic E-state index is 11.4. The van der Waals surface area contributed by atoms with E-state index in [2.05, 4.69) is 10.1 Å². The Bertz CT molecular complexity index is 781. The lowest BCUT2D eigenvalue weighted by molar-refractivity contribution is -0.0142. The molecule has 4 nitrogen and oxygen atoms in total. The van der Waals surface area contributed by atoms with Crippen molar-refractivity contribution >= 4 is 29.3 Å². The summed E-state index contributed by atoms with van der Waals surface area (Å²) in [7, 11) is 0. The van der Waals surface area contributed by atoms with Crippen molar-refractivity contribution in [2.75, 3.05) is 0 Å². The number of aromatic nitrogens is 3. The minimum Gasteiger partial charge on any atom is -0.382 e. The number of hydrogen-bond acceptors (Lipinski definition) is 3. The molecule has 0 aliphatic heterocycles. The number of benzene rings is 1. The second-order valence-corrected chi connectivity index (χ2v) is 7.12. The molecule has 1 heterocycles. The zero-order valence-corrected chi connectivity index (χ0v) is 14.4. The van der Waals surface area contributed by atoms with E-state index in [0.717, 1.165) is 11.1 Å². The molecule has 0 saturated heterocycles. The third-order valence-corrected chi connectivity index (χ3v) is 4.92.